The Bertz CT molecular complexity index is 1650. The van der Waals surface area contributed by atoms with E-state index in [9.17, 15) is 48.3 Å². The number of primary amides is 1. The van der Waals surface area contributed by atoms with E-state index >= 15 is 0 Å². The van der Waals surface area contributed by atoms with Crippen LogP contribution in [-0.2, 0) is 43.2 Å². The molecular formula is C41H73N13O11S. The van der Waals surface area contributed by atoms with Gasteiger partial charge in [-0.15, -0.1) is 0 Å². The van der Waals surface area contributed by atoms with Gasteiger partial charge in [-0.3, -0.25) is 48.1 Å². The molecule has 66 heavy (non-hydrogen) atoms. The quantitative estimate of drug-likeness (QED) is 0.0299. The molecule has 374 valence electrons. The van der Waals surface area contributed by atoms with E-state index < -0.39 is 77.7 Å². The smallest absolute Gasteiger partial charge is 0.305 e. The normalized spacial score (nSPS) is 21.3. The molecule has 24 nitrogen and oxygen atoms in total. The number of rotatable bonds is 17. The number of unbranched alkanes of at least 4 members (excludes halogenated alkanes) is 1. The van der Waals surface area contributed by atoms with Crippen molar-refractivity contribution in [3.8, 4) is 0 Å². The number of carbonyl (C=O) groups excluding carboxylic acids is 8. The molecular weight excluding hydrogens is 883 g/mol. The van der Waals surface area contributed by atoms with Crippen LogP contribution in [0, 0.1) is 0 Å². The Hall–Kier alpha value is -5.85. The zero-order valence-corrected chi connectivity index (χ0v) is 39.0. The number of hydrogen-bond acceptors (Lipinski definition) is 12. The first-order chi connectivity index (χ1) is 31.3. The fourth-order valence-corrected chi connectivity index (χ4v) is 6.88. The second kappa shape index (κ2) is 33.6. The molecule has 0 saturated carbocycles. The minimum absolute atomic E-state index is 0.00567. The SMILES string of the molecule is CC(=O)N[C@H]1CCCCNC(=O)CCCCCC(=O)NCCCC[C@@H](C(=O)N[C@H](C(N)=O)[C@@H](C)O)NC(=O)[C@H](CCCCNC(=S)NCCC(=O)O)NC(=O)[C@H](CCCN=C(N)N)NC1=O. The number of amides is 8. The summed E-state index contributed by atoms with van der Waals surface area (Å²) >= 11 is 5.19. The second-order valence-electron chi connectivity index (χ2n) is 16.1. The number of nitrogens with one attached hydrogen (secondary N) is 9. The zero-order valence-electron chi connectivity index (χ0n) is 38.2. The van der Waals surface area contributed by atoms with Crippen molar-refractivity contribution in [3.63, 3.8) is 0 Å². The van der Waals surface area contributed by atoms with E-state index in [-0.39, 0.29) is 93.9 Å². The molecule has 0 bridgehead atoms. The Morgan fingerprint density at radius 2 is 1.32 bits per heavy atom. The Kier molecular flexibility index (Phi) is 29.6. The number of carboxylic acids is 1. The maximum absolute atomic E-state index is 14.2. The van der Waals surface area contributed by atoms with Gasteiger partial charge in [-0.2, -0.15) is 0 Å². The fraction of sp³-hybridized carbons (Fsp3) is 0.732. The molecule has 1 heterocycles. The number of aliphatic carboxylic acids is 1. The lowest BCUT2D eigenvalue weighted by molar-refractivity contribution is -0.137. The van der Waals surface area contributed by atoms with Crippen LogP contribution in [0.5, 0.6) is 0 Å². The number of guanidine groups is 1. The number of aliphatic hydroxyl groups is 1. The summed E-state index contributed by atoms with van der Waals surface area (Å²) in [7, 11) is 0. The number of nitrogens with two attached hydrogens (primary N) is 3. The number of carbonyl (C=O) groups is 9. The van der Waals surface area contributed by atoms with E-state index in [2.05, 4.69) is 52.8 Å². The third-order valence-corrected chi connectivity index (χ3v) is 10.5. The van der Waals surface area contributed by atoms with Crippen molar-refractivity contribution in [2.24, 2.45) is 22.2 Å². The first-order valence-electron chi connectivity index (χ1n) is 22.6. The molecule has 0 unspecified atom stereocenters. The zero-order chi connectivity index (χ0) is 49.4. The highest BCUT2D eigenvalue weighted by Gasteiger charge is 2.33. The van der Waals surface area contributed by atoms with Crippen LogP contribution >= 0.6 is 12.2 Å². The van der Waals surface area contributed by atoms with Crippen LogP contribution in [0.2, 0.25) is 0 Å². The summed E-state index contributed by atoms with van der Waals surface area (Å²) in [5, 5.41) is 43.7. The van der Waals surface area contributed by atoms with Crippen molar-refractivity contribution in [2.45, 2.75) is 159 Å². The van der Waals surface area contributed by atoms with Crippen molar-refractivity contribution >= 4 is 76.5 Å². The van der Waals surface area contributed by atoms with E-state index in [0.717, 1.165) is 0 Å². The summed E-state index contributed by atoms with van der Waals surface area (Å²) in [6, 6.07) is -6.45. The standard InChI is InChI=1S/C41H73N13O11S/c1-25(55)34(35(42)61)54-39(65)29-15-7-10-21-46-32(58)18-5-3-4-17-31(57)45-20-9-6-13-27(50-26(2)56)36(62)53-30(16-12-23-47-40(43)44)38(64)51-28(37(63)52-29)14-8-11-22-48-41(66)49-24-19-33(59)60/h25,27-30,34,55H,3-24H2,1-2H3,(H2,42,61)(H,45,57)(H,46,58)(H,50,56)(H,51,64)(H,52,63)(H,53,62)(H,54,65)(H,59,60)(H4,43,44,47)(H2,48,49,66)/t25-,27+,28+,29+,30+,34+/m1/s1. The van der Waals surface area contributed by atoms with Gasteiger partial charge in [-0.05, 0) is 103 Å². The van der Waals surface area contributed by atoms with Gasteiger partial charge in [0, 0.05) is 52.5 Å². The molecule has 17 N–H and O–H groups in total. The highest BCUT2D eigenvalue weighted by molar-refractivity contribution is 7.80. The first kappa shape index (κ1) is 58.2. The highest BCUT2D eigenvalue weighted by atomic mass is 32.1. The van der Waals surface area contributed by atoms with Gasteiger partial charge < -0.3 is 75.3 Å². The predicted octanol–water partition coefficient (Wildman–Crippen LogP) is -3.00. The van der Waals surface area contributed by atoms with Crippen LogP contribution in [0.3, 0.4) is 0 Å². The predicted molar refractivity (Wildman–Crippen MR) is 248 cm³/mol. The molecule has 0 aliphatic carbocycles. The van der Waals surface area contributed by atoms with E-state index in [1.165, 1.54) is 13.8 Å². The minimum Gasteiger partial charge on any atom is -0.481 e. The van der Waals surface area contributed by atoms with Crippen molar-refractivity contribution in [1.29, 1.82) is 0 Å². The Labute approximate surface area is 391 Å². The fourth-order valence-electron chi connectivity index (χ4n) is 6.67. The maximum Gasteiger partial charge on any atom is 0.305 e. The molecule has 1 rings (SSSR count). The van der Waals surface area contributed by atoms with Gasteiger partial charge in [0.1, 0.15) is 30.2 Å². The molecule has 1 aliphatic rings. The number of aliphatic imine (C=N–C) groups is 1. The molecule has 25 heteroatoms. The van der Waals surface area contributed by atoms with Gasteiger partial charge in [-0.25, -0.2) is 0 Å². The second-order valence-corrected chi connectivity index (χ2v) is 16.5. The Morgan fingerprint density at radius 3 is 1.88 bits per heavy atom. The molecule has 1 fully saturated rings. The van der Waals surface area contributed by atoms with Gasteiger partial charge in [0.15, 0.2) is 11.1 Å². The van der Waals surface area contributed by atoms with E-state index in [1.54, 1.807) is 0 Å². The molecule has 1 saturated heterocycles. The molecule has 0 aromatic carbocycles. The molecule has 1 aliphatic heterocycles. The lowest BCUT2D eigenvalue weighted by Crippen LogP contribution is -2.59. The summed E-state index contributed by atoms with van der Waals surface area (Å²) in [5.41, 5.74) is 16.4. The monoisotopic (exact) mass is 956 g/mol. The van der Waals surface area contributed by atoms with Gasteiger partial charge >= 0.3 is 5.97 Å². The van der Waals surface area contributed by atoms with Crippen LogP contribution < -0.4 is 65.1 Å². The number of thiocarbonyl (C=S) groups is 1. The third kappa shape index (κ3) is 27.5. The molecule has 8 amide bonds. The maximum atomic E-state index is 14.2. The summed E-state index contributed by atoms with van der Waals surface area (Å²) < 4.78 is 0. The topological polar surface area (TPSA) is 393 Å². The molecule has 6 atom stereocenters. The number of aliphatic hydroxyl groups excluding tert-OH is 1. The lowest BCUT2D eigenvalue weighted by atomic mass is 10.0. The van der Waals surface area contributed by atoms with E-state index in [0.29, 0.717) is 70.9 Å². The van der Waals surface area contributed by atoms with Gasteiger partial charge in [-0.1, -0.05) is 6.42 Å². The van der Waals surface area contributed by atoms with Crippen LogP contribution in [-0.4, -0.2) is 144 Å². The van der Waals surface area contributed by atoms with Crippen LogP contribution in [0.1, 0.15) is 123 Å². The van der Waals surface area contributed by atoms with Gasteiger partial charge in [0.05, 0.1) is 12.5 Å². The van der Waals surface area contributed by atoms with Crippen molar-refractivity contribution < 1.29 is 53.4 Å². The molecule has 0 spiro atoms. The average molecular weight is 956 g/mol. The van der Waals surface area contributed by atoms with Crippen LogP contribution in [0.4, 0.5) is 0 Å². The summed E-state index contributed by atoms with van der Waals surface area (Å²) in [5.74, 6) is -6.16. The summed E-state index contributed by atoms with van der Waals surface area (Å²) in [4.78, 5) is 120. The highest BCUT2D eigenvalue weighted by Crippen LogP contribution is 2.10. The molecule has 0 aromatic rings. The lowest BCUT2D eigenvalue weighted by Gasteiger charge is -2.27. The molecule has 0 aromatic heterocycles. The summed E-state index contributed by atoms with van der Waals surface area (Å²) in [6.07, 6.45) is 3.46. The number of carboxylic acid groups (broad SMARTS) is 1. The van der Waals surface area contributed by atoms with Crippen molar-refractivity contribution in [3.05, 3.63) is 0 Å². The van der Waals surface area contributed by atoms with Crippen molar-refractivity contribution in [2.75, 3.05) is 32.7 Å². The van der Waals surface area contributed by atoms with Crippen molar-refractivity contribution in [1.82, 2.24) is 47.9 Å². The Balaban J connectivity index is 3.54. The van der Waals surface area contributed by atoms with Crippen LogP contribution in [0.25, 0.3) is 0 Å². The number of hydrogen-bond donors (Lipinski definition) is 14. The third-order valence-electron chi connectivity index (χ3n) is 10.2. The largest absolute Gasteiger partial charge is 0.481 e. The molecule has 0 radical (unpaired) electrons. The van der Waals surface area contributed by atoms with Crippen LogP contribution in [0.15, 0.2) is 4.99 Å². The van der Waals surface area contributed by atoms with Gasteiger partial charge in [0.2, 0.25) is 47.3 Å². The average Bonchev–Trinajstić information content (AvgIpc) is 3.23. The first-order valence-corrected chi connectivity index (χ1v) is 23.0. The number of nitrogens with zero attached hydrogens (tertiary/aromatic N) is 1. The van der Waals surface area contributed by atoms with Gasteiger partial charge in [0.25, 0.3) is 0 Å². The minimum atomic E-state index is -1.50. The Morgan fingerprint density at radius 1 is 0.758 bits per heavy atom. The summed E-state index contributed by atoms with van der Waals surface area (Å²) in [6.45, 7) is 3.57. The van der Waals surface area contributed by atoms with E-state index in [1.807, 2.05) is 0 Å². The van der Waals surface area contributed by atoms with E-state index in [4.69, 9.17) is 34.5 Å².